The summed E-state index contributed by atoms with van der Waals surface area (Å²) < 4.78 is 4.90. The molecule has 1 aliphatic carbocycles. The van der Waals surface area contributed by atoms with Gasteiger partial charge in [0.25, 0.3) is 0 Å². The maximum atomic E-state index is 11.6. The van der Waals surface area contributed by atoms with Crippen molar-refractivity contribution < 1.29 is 9.32 Å². The third-order valence-electron chi connectivity index (χ3n) is 3.03. The summed E-state index contributed by atoms with van der Waals surface area (Å²) in [6, 6.07) is 0. The quantitative estimate of drug-likeness (QED) is 0.810. The highest BCUT2D eigenvalue weighted by Crippen LogP contribution is 2.19. The van der Waals surface area contributed by atoms with Crippen LogP contribution in [0.15, 0.2) is 16.2 Å². The zero-order valence-electron chi connectivity index (χ0n) is 10.7. The summed E-state index contributed by atoms with van der Waals surface area (Å²) in [4.78, 5) is 15.6. The molecule has 0 aliphatic heterocycles. The molecule has 2 rings (SSSR count). The van der Waals surface area contributed by atoms with Crippen LogP contribution in [0.4, 0.5) is 0 Å². The number of rotatable bonds is 5. The Bertz CT molecular complexity index is 437. The number of allylic oxidation sites excluding steroid dienone is 1. The summed E-state index contributed by atoms with van der Waals surface area (Å²) in [6.45, 7) is 2.43. The zero-order chi connectivity index (χ0) is 12.8. The molecular weight excluding hydrogens is 230 g/mol. The molecule has 1 amide bonds. The summed E-state index contributed by atoms with van der Waals surface area (Å²) in [5.41, 5.74) is 1.47. The Hall–Kier alpha value is -1.65. The fraction of sp³-hybridized carbons (Fsp3) is 0.615. The zero-order valence-corrected chi connectivity index (χ0v) is 10.7. The number of hydrogen-bond acceptors (Lipinski definition) is 4. The molecule has 1 heterocycles. The van der Waals surface area contributed by atoms with Crippen LogP contribution in [0.3, 0.4) is 0 Å². The van der Waals surface area contributed by atoms with Crippen molar-refractivity contribution in [3.8, 4) is 0 Å². The van der Waals surface area contributed by atoms with Gasteiger partial charge in [0.1, 0.15) is 6.42 Å². The van der Waals surface area contributed by atoms with Crippen molar-refractivity contribution in [3.05, 3.63) is 23.4 Å². The van der Waals surface area contributed by atoms with Crippen LogP contribution in [0.1, 0.15) is 43.8 Å². The van der Waals surface area contributed by atoms with Gasteiger partial charge in [-0.15, -0.1) is 0 Å². The van der Waals surface area contributed by atoms with Crippen LogP contribution in [0.2, 0.25) is 0 Å². The SMILES string of the molecule is Cc1noc(CC(=O)NCCC2=CCCCC2)n1. The minimum absolute atomic E-state index is 0.0601. The van der Waals surface area contributed by atoms with Crippen molar-refractivity contribution in [2.24, 2.45) is 0 Å². The van der Waals surface area contributed by atoms with Gasteiger partial charge in [0.15, 0.2) is 5.82 Å². The Balaban J connectivity index is 1.67. The second-order valence-electron chi connectivity index (χ2n) is 4.62. The Kier molecular flexibility index (Phi) is 4.50. The number of nitrogens with zero attached hydrogens (tertiary/aromatic N) is 2. The summed E-state index contributed by atoms with van der Waals surface area (Å²) in [7, 11) is 0. The van der Waals surface area contributed by atoms with Crippen molar-refractivity contribution in [2.45, 2.75) is 45.4 Å². The van der Waals surface area contributed by atoms with Gasteiger partial charge in [-0.25, -0.2) is 0 Å². The fourth-order valence-electron chi connectivity index (χ4n) is 2.11. The van der Waals surface area contributed by atoms with Crippen molar-refractivity contribution in [2.75, 3.05) is 6.54 Å². The van der Waals surface area contributed by atoms with E-state index in [9.17, 15) is 4.79 Å². The van der Waals surface area contributed by atoms with E-state index in [0.29, 0.717) is 18.3 Å². The molecule has 0 spiro atoms. The summed E-state index contributed by atoms with van der Waals surface area (Å²) in [6.07, 6.45) is 8.36. The summed E-state index contributed by atoms with van der Waals surface area (Å²) in [5, 5.41) is 6.53. The van der Waals surface area contributed by atoms with E-state index >= 15 is 0 Å². The second kappa shape index (κ2) is 6.33. The van der Waals surface area contributed by atoms with E-state index < -0.39 is 0 Å². The van der Waals surface area contributed by atoms with Gasteiger partial charge in [-0.3, -0.25) is 4.79 Å². The molecule has 1 aromatic rings. The molecule has 0 fully saturated rings. The van der Waals surface area contributed by atoms with Gasteiger partial charge in [0.05, 0.1) is 0 Å². The van der Waals surface area contributed by atoms with Gasteiger partial charge in [-0.05, 0) is 39.0 Å². The number of aromatic nitrogens is 2. The van der Waals surface area contributed by atoms with Crippen LogP contribution >= 0.6 is 0 Å². The average molecular weight is 249 g/mol. The fourth-order valence-corrected chi connectivity index (χ4v) is 2.11. The van der Waals surface area contributed by atoms with Gasteiger partial charge < -0.3 is 9.84 Å². The lowest BCUT2D eigenvalue weighted by Crippen LogP contribution is -2.26. The standard InChI is InChI=1S/C13H19N3O2/c1-10-15-13(18-16-10)9-12(17)14-8-7-11-5-3-2-4-6-11/h5H,2-4,6-9H2,1H3,(H,14,17). The van der Waals surface area contributed by atoms with E-state index in [2.05, 4.69) is 21.5 Å². The molecule has 0 bridgehead atoms. The maximum absolute atomic E-state index is 11.6. The van der Waals surface area contributed by atoms with Gasteiger partial charge in [-0.2, -0.15) is 4.98 Å². The van der Waals surface area contributed by atoms with E-state index in [-0.39, 0.29) is 12.3 Å². The molecule has 0 unspecified atom stereocenters. The highest BCUT2D eigenvalue weighted by atomic mass is 16.5. The molecule has 1 N–H and O–H groups in total. The summed E-state index contributed by atoms with van der Waals surface area (Å²) in [5.74, 6) is 0.877. The van der Waals surface area contributed by atoms with Gasteiger partial charge >= 0.3 is 0 Å². The highest BCUT2D eigenvalue weighted by Gasteiger charge is 2.09. The Labute approximate surface area is 107 Å². The molecule has 1 aromatic heterocycles. The molecule has 0 saturated carbocycles. The van der Waals surface area contributed by atoms with Crippen molar-refractivity contribution >= 4 is 5.91 Å². The topological polar surface area (TPSA) is 68.0 Å². The first-order valence-electron chi connectivity index (χ1n) is 6.48. The Morgan fingerprint density at radius 3 is 3.06 bits per heavy atom. The first-order chi connectivity index (χ1) is 8.74. The third-order valence-corrected chi connectivity index (χ3v) is 3.03. The molecule has 98 valence electrons. The molecule has 0 aromatic carbocycles. The molecule has 1 aliphatic rings. The Morgan fingerprint density at radius 2 is 2.39 bits per heavy atom. The highest BCUT2D eigenvalue weighted by molar-refractivity contribution is 5.77. The molecule has 0 saturated heterocycles. The van der Waals surface area contributed by atoms with E-state index in [1.54, 1.807) is 6.92 Å². The molecule has 0 radical (unpaired) electrons. The van der Waals surface area contributed by atoms with Crippen LogP contribution in [-0.4, -0.2) is 22.6 Å². The number of carbonyl (C=O) groups is 1. The van der Waals surface area contributed by atoms with Crippen LogP contribution in [0.5, 0.6) is 0 Å². The maximum Gasteiger partial charge on any atom is 0.236 e. The molecular formula is C13H19N3O2. The number of amides is 1. The van der Waals surface area contributed by atoms with Crippen molar-refractivity contribution in [3.63, 3.8) is 0 Å². The smallest absolute Gasteiger partial charge is 0.236 e. The van der Waals surface area contributed by atoms with E-state index in [1.165, 1.54) is 31.3 Å². The van der Waals surface area contributed by atoms with Crippen molar-refractivity contribution in [1.82, 2.24) is 15.5 Å². The number of nitrogens with one attached hydrogen (secondary N) is 1. The molecule has 18 heavy (non-hydrogen) atoms. The third kappa shape index (κ3) is 3.98. The van der Waals surface area contributed by atoms with E-state index in [4.69, 9.17) is 4.52 Å². The lowest BCUT2D eigenvalue weighted by molar-refractivity contribution is -0.120. The van der Waals surface area contributed by atoms with Crippen molar-refractivity contribution in [1.29, 1.82) is 0 Å². The Morgan fingerprint density at radius 1 is 1.50 bits per heavy atom. The summed E-state index contributed by atoms with van der Waals surface area (Å²) >= 11 is 0. The van der Waals surface area contributed by atoms with E-state index in [1.807, 2.05) is 0 Å². The predicted octanol–water partition coefficient (Wildman–Crippen LogP) is 1.93. The van der Waals surface area contributed by atoms with Gasteiger partial charge in [0.2, 0.25) is 11.8 Å². The van der Waals surface area contributed by atoms with Crippen LogP contribution in [0.25, 0.3) is 0 Å². The lowest BCUT2D eigenvalue weighted by atomic mass is 9.97. The number of aryl methyl sites for hydroxylation is 1. The van der Waals surface area contributed by atoms with Gasteiger partial charge in [0, 0.05) is 6.54 Å². The number of carbonyl (C=O) groups excluding carboxylic acids is 1. The first-order valence-corrected chi connectivity index (χ1v) is 6.48. The molecule has 0 atom stereocenters. The van der Waals surface area contributed by atoms with Crippen LogP contribution < -0.4 is 5.32 Å². The minimum atomic E-state index is -0.0601. The van der Waals surface area contributed by atoms with E-state index in [0.717, 1.165) is 6.42 Å². The van der Waals surface area contributed by atoms with Crippen LogP contribution in [-0.2, 0) is 11.2 Å². The second-order valence-corrected chi connectivity index (χ2v) is 4.62. The van der Waals surface area contributed by atoms with Crippen LogP contribution in [0, 0.1) is 6.92 Å². The predicted molar refractivity (Wildman–Crippen MR) is 66.9 cm³/mol. The normalized spacial score (nSPS) is 15.3. The monoisotopic (exact) mass is 249 g/mol. The van der Waals surface area contributed by atoms with Gasteiger partial charge in [-0.1, -0.05) is 16.8 Å². The minimum Gasteiger partial charge on any atom is -0.355 e. The lowest BCUT2D eigenvalue weighted by Gasteiger charge is -2.12. The number of hydrogen-bond donors (Lipinski definition) is 1. The molecule has 5 nitrogen and oxygen atoms in total. The molecule has 5 heteroatoms. The first kappa shape index (κ1) is 12.8. The largest absolute Gasteiger partial charge is 0.355 e. The average Bonchev–Trinajstić information content (AvgIpc) is 2.76.